The highest BCUT2D eigenvalue weighted by molar-refractivity contribution is 5.79. The molecule has 1 aromatic heterocycles. The molecule has 2 fully saturated rings. The molecule has 26 heavy (non-hydrogen) atoms. The van der Waals surface area contributed by atoms with Gasteiger partial charge in [0, 0.05) is 37.7 Å². The molecule has 0 saturated carbocycles. The lowest BCUT2D eigenvalue weighted by atomic mass is 9.69. The number of carboxylic acids is 1. The summed E-state index contributed by atoms with van der Waals surface area (Å²) in [6, 6.07) is -0.135. The lowest BCUT2D eigenvalue weighted by Gasteiger charge is -2.48. The number of H-pyrrole nitrogens is 1. The number of rotatable bonds is 4. The minimum absolute atomic E-state index is 0.115. The Bertz CT molecular complexity index is 701. The van der Waals surface area contributed by atoms with E-state index in [1.54, 1.807) is 0 Å². The maximum absolute atomic E-state index is 12.7. The number of fused-ring (bicyclic) bond motifs is 2. The van der Waals surface area contributed by atoms with Gasteiger partial charge in [0.25, 0.3) is 0 Å². The van der Waals surface area contributed by atoms with Crippen molar-refractivity contribution in [2.24, 2.45) is 5.41 Å². The number of aromatic amines is 1. The number of likely N-dealkylation sites (tertiary alicyclic amines) is 1. The molecule has 2 aliphatic heterocycles. The summed E-state index contributed by atoms with van der Waals surface area (Å²) in [6.45, 7) is 1.88. The minimum Gasteiger partial charge on any atom is -0.481 e. The second kappa shape index (κ2) is 7.02. The van der Waals surface area contributed by atoms with Crippen molar-refractivity contribution in [3.63, 3.8) is 0 Å². The van der Waals surface area contributed by atoms with E-state index in [2.05, 4.69) is 15.5 Å². The molecule has 0 spiro atoms. The molecule has 3 N–H and O–H groups in total. The van der Waals surface area contributed by atoms with Gasteiger partial charge in [0.2, 0.25) is 5.91 Å². The lowest BCUT2D eigenvalue weighted by molar-refractivity contribution is -0.159. The Kier molecular flexibility index (Phi) is 4.73. The predicted molar refractivity (Wildman–Crippen MR) is 95.8 cm³/mol. The van der Waals surface area contributed by atoms with Crippen LogP contribution in [0, 0.1) is 5.41 Å². The summed E-state index contributed by atoms with van der Waals surface area (Å²) in [5, 5.41) is 20.6. The van der Waals surface area contributed by atoms with Crippen LogP contribution in [-0.4, -0.2) is 57.8 Å². The summed E-state index contributed by atoms with van der Waals surface area (Å²) in [4.78, 5) is 26.4. The van der Waals surface area contributed by atoms with Gasteiger partial charge in [-0.05, 0) is 57.1 Å². The zero-order valence-electron chi connectivity index (χ0n) is 15.2. The Hall–Kier alpha value is -1.89. The Morgan fingerprint density at radius 3 is 2.92 bits per heavy atom. The average molecular weight is 360 g/mol. The van der Waals surface area contributed by atoms with E-state index in [-0.39, 0.29) is 11.9 Å². The van der Waals surface area contributed by atoms with Crippen LogP contribution in [0.2, 0.25) is 0 Å². The Morgan fingerprint density at radius 1 is 1.23 bits per heavy atom. The van der Waals surface area contributed by atoms with Gasteiger partial charge in [0.1, 0.15) is 0 Å². The highest BCUT2D eigenvalue weighted by Crippen LogP contribution is 2.39. The Balaban J connectivity index is 1.37. The molecule has 7 heteroatoms. The van der Waals surface area contributed by atoms with Gasteiger partial charge < -0.3 is 15.3 Å². The number of carbonyl (C=O) groups excluding carboxylic acids is 1. The first kappa shape index (κ1) is 17.5. The van der Waals surface area contributed by atoms with Crippen molar-refractivity contribution in [3.05, 3.63) is 17.0 Å². The number of aliphatic carboxylic acids is 1. The van der Waals surface area contributed by atoms with Crippen LogP contribution < -0.4 is 5.32 Å². The average Bonchev–Trinajstić information content (AvgIpc) is 3.08. The molecule has 4 rings (SSSR count). The van der Waals surface area contributed by atoms with E-state index in [1.165, 1.54) is 24.1 Å². The van der Waals surface area contributed by atoms with Gasteiger partial charge >= 0.3 is 5.97 Å². The van der Waals surface area contributed by atoms with E-state index < -0.39 is 11.4 Å². The summed E-state index contributed by atoms with van der Waals surface area (Å²) < 4.78 is 0. The minimum atomic E-state index is -0.718. The first-order valence-electron chi connectivity index (χ1n) is 9.90. The third kappa shape index (κ3) is 3.02. The third-order valence-electron chi connectivity index (χ3n) is 6.58. The highest BCUT2D eigenvalue weighted by atomic mass is 16.4. The van der Waals surface area contributed by atoms with Crippen molar-refractivity contribution in [3.8, 4) is 0 Å². The molecule has 0 aromatic carbocycles. The third-order valence-corrected chi connectivity index (χ3v) is 6.58. The highest BCUT2D eigenvalue weighted by Gasteiger charge is 2.50. The molecule has 0 radical (unpaired) electrons. The number of hydrogen-bond acceptors (Lipinski definition) is 4. The summed E-state index contributed by atoms with van der Waals surface area (Å²) in [5.74, 6) is -0.603. The topological polar surface area (TPSA) is 98.3 Å². The summed E-state index contributed by atoms with van der Waals surface area (Å²) in [7, 11) is 0. The van der Waals surface area contributed by atoms with E-state index >= 15 is 0 Å². The van der Waals surface area contributed by atoms with E-state index in [0.717, 1.165) is 31.5 Å². The summed E-state index contributed by atoms with van der Waals surface area (Å²) in [6.07, 6.45) is 7.80. The molecular formula is C19H28N4O3. The number of aryl methyl sites for hydroxylation is 2. The molecule has 3 aliphatic rings. The quantitative estimate of drug-likeness (QED) is 0.751. The molecule has 1 aliphatic carbocycles. The summed E-state index contributed by atoms with van der Waals surface area (Å²) in [5.41, 5.74) is 2.91. The second-order valence-corrected chi connectivity index (χ2v) is 8.00. The van der Waals surface area contributed by atoms with Gasteiger partial charge in [-0.1, -0.05) is 0 Å². The standard InChI is InChI=1S/C19H28N4O3/c24-17(7-6-15-13-4-1-2-5-14(13)21-22-15)23-11-9-19(18(25)26)8-3-10-20-16(19)12-23/h16,20H,1-12H2,(H,21,22)(H,25,26)/t16-,19+/m1/s1. The molecule has 0 unspecified atom stereocenters. The first-order chi connectivity index (χ1) is 12.6. The van der Waals surface area contributed by atoms with E-state index in [4.69, 9.17) is 0 Å². The van der Waals surface area contributed by atoms with Gasteiger partial charge in [0.05, 0.1) is 11.1 Å². The van der Waals surface area contributed by atoms with Gasteiger partial charge in [-0.15, -0.1) is 0 Å². The summed E-state index contributed by atoms with van der Waals surface area (Å²) >= 11 is 0. The number of aromatic nitrogens is 2. The van der Waals surface area contributed by atoms with Crippen molar-refractivity contribution >= 4 is 11.9 Å². The number of carbonyl (C=O) groups is 2. The SMILES string of the molecule is O=C(CCc1n[nH]c2c1CCCC2)N1CC[C@@]2(C(=O)O)CCCN[C@@H]2C1. The second-order valence-electron chi connectivity index (χ2n) is 8.00. The number of amides is 1. The number of hydrogen-bond donors (Lipinski definition) is 3. The fourth-order valence-electron chi connectivity index (χ4n) is 4.96. The molecule has 7 nitrogen and oxygen atoms in total. The zero-order chi connectivity index (χ0) is 18.1. The molecular weight excluding hydrogens is 332 g/mol. The fourth-order valence-corrected chi connectivity index (χ4v) is 4.96. The Labute approximate surface area is 153 Å². The van der Waals surface area contributed by atoms with Crippen molar-refractivity contribution < 1.29 is 14.7 Å². The largest absolute Gasteiger partial charge is 0.481 e. The molecule has 3 heterocycles. The molecule has 2 saturated heterocycles. The monoisotopic (exact) mass is 360 g/mol. The maximum Gasteiger partial charge on any atom is 0.311 e. The molecule has 142 valence electrons. The van der Waals surface area contributed by atoms with Gasteiger partial charge in [-0.2, -0.15) is 5.10 Å². The number of piperidine rings is 2. The van der Waals surface area contributed by atoms with Gasteiger partial charge in [-0.3, -0.25) is 14.7 Å². The fraction of sp³-hybridized carbons (Fsp3) is 0.737. The van der Waals surface area contributed by atoms with E-state index in [9.17, 15) is 14.7 Å². The smallest absolute Gasteiger partial charge is 0.311 e. The van der Waals surface area contributed by atoms with Crippen molar-refractivity contribution in [2.45, 2.75) is 63.8 Å². The zero-order valence-corrected chi connectivity index (χ0v) is 15.2. The van der Waals surface area contributed by atoms with Crippen molar-refractivity contribution in [1.29, 1.82) is 0 Å². The van der Waals surface area contributed by atoms with Crippen LogP contribution in [0.1, 0.15) is 55.5 Å². The first-order valence-corrected chi connectivity index (χ1v) is 9.90. The van der Waals surface area contributed by atoms with E-state index in [1.807, 2.05) is 4.90 Å². The predicted octanol–water partition coefficient (Wildman–Crippen LogP) is 1.28. The number of carboxylic acid groups (broad SMARTS) is 1. The van der Waals surface area contributed by atoms with Crippen LogP contribution >= 0.6 is 0 Å². The lowest BCUT2D eigenvalue weighted by Crippen LogP contribution is -2.63. The van der Waals surface area contributed by atoms with Crippen LogP contribution in [0.3, 0.4) is 0 Å². The van der Waals surface area contributed by atoms with Crippen molar-refractivity contribution in [2.75, 3.05) is 19.6 Å². The van der Waals surface area contributed by atoms with Crippen LogP contribution in [0.4, 0.5) is 0 Å². The normalized spacial score (nSPS) is 28.3. The molecule has 0 bridgehead atoms. The van der Waals surface area contributed by atoms with Crippen LogP contribution in [-0.2, 0) is 28.9 Å². The van der Waals surface area contributed by atoms with Gasteiger partial charge in [-0.25, -0.2) is 0 Å². The Morgan fingerprint density at radius 2 is 2.08 bits per heavy atom. The number of nitrogens with zero attached hydrogens (tertiary/aromatic N) is 2. The molecule has 1 amide bonds. The maximum atomic E-state index is 12.7. The van der Waals surface area contributed by atoms with E-state index in [0.29, 0.717) is 38.8 Å². The van der Waals surface area contributed by atoms with Crippen LogP contribution in [0.25, 0.3) is 0 Å². The van der Waals surface area contributed by atoms with Gasteiger partial charge in [0.15, 0.2) is 0 Å². The molecule has 1 aromatic rings. The van der Waals surface area contributed by atoms with Crippen molar-refractivity contribution in [1.82, 2.24) is 20.4 Å². The van der Waals surface area contributed by atoms with Crippen LogP contribution in [0.15, 0.2) is 0 Å². The van der Waals surface area contributed by atoms with Crippen LogP contribution in [0.5, 0.6) is 0 Å². The number of nitrogens with one attached hydrogen (secondary N) is 2. The molecule has 2 atom stereocenters.